The molecule has 1 aromatic rings. The maximum absolute atomic E-state index is 11.3. The number of sulfone groups is 1. The van der Waals surface area contributed by atoms with Gasteiger partial charge < -0.3 is 10.6 Å². The Balaban J connectivity index is 1.49. The normalized spacial score (nSPS) is 26.4. The fourth-order valence-corrected chi connectivity index (χ4v) is 4.87. The van der Waals surface area contributed by atoms with Crippen LogP contribution in [0.1, 0.15) is 36.8 Å². The smallest absolute Gasteiger partial charge is 0.191 e. The first-order chi connectivity index (χ1) is 11.9. The average Bonchev–Trinajstić information content (AvgIpc) is 3.30. The largest absolute Gasteiger partial charge is 0.356 e. The molecule has 1 saturated carbocycles. The summed E-state index contributed by atoms with van der Waals surface area (Å²) in [7, 11) is -1.16. The van der Waals surface area contributed by atoms with Crippen LogP contribution in [0.2, 0.25) is 0 Å². The fraction of sp³-hybridized carbons (Fsp3) is 0.632. The third-order valence-corrected chi connectivity index (χ3v) is 6.50. The minimum atomic E-state index is -2.92. The second-order valence-electron chi connectivity index (χ2n) is 7.51. The summed E-state index contributed by atoms with van der Waals surface area (Å²) in [5, 5.41) is 6.73. The molecule has 2 aliphatic rings. The van der Waals surface area contributed by atoms with E-state index in [1.165, 1.54) is 30.2 Å². The van der Waals surface area contributed by atoms with E-state index in [-0.39, 0.29) is 11.8 Å². The van der Waals surface area contributed by atoms with E-state index >= 15 is 0 Å². The highest BCUT2D eigenvalue weighted by Gasteiger charge is 2.52. The summed E-state index contributed by atoms with van der Waals surface area (Å²) in [5.41, 5.74) is 3.05. The topological polar surface area (TPSA) is 70.6 Å². The van der Waals surface area contributed by atoms with Gasteiger partial charge in [-0.15, -0.1) is 0 Å². The number of guanidine groups is 1. The minimum absolute atomic E-state index is 0.0723. The van der Waals surface area contributed by atoms with Gasteiger partial charge in [-0.1, -0.05) is 24.3 Å². The average molecular weight is 364 g/mol. The quantitative estimate of drug-likeness (QED) is 0.599. The Morgan fingerprint density at radius 1 is 1.36 bits per heavy atom. The third kappa shape index (κ3) is 4.54. The van der Waals surface area contributed by atoms with Crippen molar-refractivity contribution < 1.29 is 8.42 Å². The van der Waals surface area contributed by atoms with Crippen molar-refractivity contribution in [3.63, 3.8) is 0 Å². The van der Waals surface area contributed by atoms with E-state index in [2.05, 4.69) is 39.9 Å². The molecule has 4 unspecified atom stereocenters. The first-order valence-corrected chi connectivity index (χ1v) is 11.2. The molecular formula is C19H29N3O2S. The molecule has 0 radical (unpaired) electrons. The molecule has 5 nitrogen and oxygen atoms in total. The van der Waals surface area contributed by atoms with Crippen LogP contribution in [0.4, 0.5) is 0 Å². The van der Waals surface area contributed by atoms with Crippen LogP contribution in [0.15, 0.2) is 29.3 Å². The van der Waals surface area contributed by atoms with E-state index < -0.39 is 9.84 Å². The van der Waals surface area contributed by atoms with Gasteiger partial charge in [-0.25, -0.2) is 8.42 Å². The van der Waals surface area contributed by atoms with Crippen LogP contribution in [0.25, 0.3) is 0 Å². The van der Waals surface area contributed by atoms with Crippen molar-refractivity contribution in [1.29, 1.82) is 0 Å². The van der Waals surface area contributed by atoms with Gasteiger partial charge in [0.2, 0.25) is 0 Å². The Morgan fingerprint density at radius 3 is 2.84 bits per heavy atom. The van der Waals surface area contributed by atoms with Gasteiger partial charge in [0.05, 0.1) is 5.75 Å². The molecule has 0 spiro atoms. The van der Waals surface area contributed by atoms with Gasteiger partial charge >= 0.3 is 0 Å². The maximum atomic E-state index is 11.3. The lowest BCUT2D eigenvalue weighted by Crippen LogP contribution is -2.43. The number of fused-ring (bicyclic) bond motifs is 3. The lowest BCUT2D eigenvalue weighted by molar-refractivity contribution is 0.577. The molecule has 138 valence electrons. The highest BCUT2D eigenvalue weighted by Crippen LogP contribution is 2.59. The zero-order valence-corrected chi connectivity index (χ0v) is 16.1. The lowest BCUT2D eigenvalue weighted by Gasteiger charge is -2.17. The summed E-state index contributed by atoms with van der Waals surface area (Å²) in [6.07, 6.45) is 4.34. The first kappa shape index (κ1) is 18.2. The van der Waals surface area contributed by atoms with Gasteiger partial charge in [0, 0.05) is 25.9 Å². The summed E-state index contributed by atoms with van der Waals surface area (Å²) in [5.74, 6) is 3.12. The Kier molecular flexibility index (Phi) is 5.37. The molecule has 0 aromatic heterocycles. The number of hydrogen-bond acceptors (Lipinski definition) is 3. The zero-order chi connectivity index (χ0) is 18.0. The van der Waals surface area contributed by atoms with Crippen molar-refractivity contribution >= 4 is 15.8 Å². The second-order valence-corrected chi connectivity index (χ2v) is 9.77. The highest BCUT2D eigenvalue weighted by molar-refractivity contribution is 7.90. The van der Waals surface area contributed by atoms with Crippen molar-refractivity contribution in [2.45, 2.75) is 38.1 Å². The molecule has 0 amide bonds. The number of aryl methyl sites for hydroxylation is 1. The van der Waals surface area contributed by atoms with Gasteiger partial charge in [-0.3, -0.25) is 4.99 Å². The van der Waals surface area contributed by atoms with E-state index in [1.807, 2.05) is 6.92 Å². The third-order valence-electron chi connectivity index (χ3n) is 5.53. The predicted octanol–water partition coefficient (Wildman–Crippen LogP) is 1.95. The molecule has 1 fully saturated rings. The van der Waals surface area contributed by atoms with E-state index in [0.717, 1.165) is 18.4 Å². The number of hydrogen-bond donors (Lipinski definition) is 2. The Morgan fingerprint density at radius 2 is 2.12 bits per heavy atom. The van der Waals surface area contributed by atoms with E-state index in [0.29, 0.717) is 18.3 Å². The predicted molar refractivity (Wildman–Crippen MR) is 103 cm³/mol. The van der Waals surface area contributed by atoms with E-state index in [9.17, 15) is 8.42 Å². The Labute approximate surface area is 151 Å². The highest BCUT2D eigenvalue weighted by atomic mass is 32.2. The second kappa shape index (κ2) is 7.36. The van der Waals surface area contributed by atoms with Crippen LogP contribution in [0, 0.1) is 11.8 Å². The van der Waals surface area contributed by atoms with Crippen LogP contribution in [0.3, 0.4) is 0 Å². The van der Waals surface area contributed by atoms with Crippen molar-refractivity contribution in [2.75, 3.05) is 25.6 Å². The number of aliphatic imine (C=N–C) groups is 1. The van der Waals surface area contributed by atoms with Crippen LogP contribution >= 0.6 is 0 Å². The van der Waals surface area contributed by atoms with Crippen molar-refractivity contribution in [3.05, 3.63) is 35.4 Å². The standard InChI is InChI=1S/C19H29N3O2S/c1-13(10-11-25(3,23)24)22-19(20-2)21-12-17-16-9-8-14-6-4-5-7-15(14)18(16)17/h4-7,13,16-18H,8-12H2,1-3H3,(H2,20,21,22). The SMILES string of the molecule is CN=C(NCC1C2CCc3ccccc3C21)NC(C)CCS(C)(=O)=O. The van der Waals surface area contributed by atoms with Gasteiger partial charge in [0.25, 0.3) is 0 Å². The molecule has 1 aromatic carbocycles. The molecular weight excluding hydrogens is 334 g/mol. The monoisotopic (exact) mass is 363 g/mol. The van der Waals surface area contributed by atoms with Gasteiger partial charge in [-0.2, -0.15) is 0 Å². The van der Waals surface area contributed by atoms with Crippen molar-refractivity contribution in [3.8, 4) is 0 Å². The van der Waals surface area contributed by atoms with E-state index in [1.54, 1.807) is 7.05 Å². The molecule has 0 saturated heterocycles. The Hall–Kier alpha value is -1.56. The molecule has 6 heteroatoms. The summed E-state index contributed by atoms with van der Waals surface area (Å²) in [6, 6.07) is 8.90. The molecule has 0 bridgehead atoms. The van der Waals surface area contributed by atoms with Gasteiger partial charge in [-0.05, 0) is 55.1 Å². The molecule has 0 aliphatic heterocycles. The van der Waals surface area contributed by atoms with Gasteiger partial charge in [0.15, 0.2) is 5.96 Å². The molecule has 25 heavy (non-hydrogen) atoms. The maximum Gasteiger partial charge on any atom is 0.191 e. The summed E-state index contributed by atoms with van der Waals surface area (Å²) in [4.78, 5) is 4.28. The molecule has 3 rings (SSSR count). The first-order valence-electron chi connectivity index (χ1n) is 9.11. The number of nitrogens with one attached hydrogen (secondary N) is 2. The summed E-state index contributed by atoms with van der Waals surface area (Å²) >= 11 is 0. The Bertz CT molecular complexity index is 745. The number of benzene rings is 1. The molecule has 2 N–H and O–H groups in total. The van der Waals surface area contributed by atoms with Crippen LogP contribution in [-0.2, 0) is 16.3 Å². The summed E-state index contributed by atoms with van der Waals surface area (Å²) in [6.45, 7) is 2.91. The molecule has 0 heterocycles. The van der Waals surface area contributed by atoms with Crippen molar-refractivity contribution in [1.82, 2.24) is 10.6 Å². The number of nitrogens with zero attached hydrogens (tertiary/aromatic N) is 1. The van der Waals surface area contributed by atoms with Gasteiger partial charge in [0.1, 0.15) is 9.84 Å². The lowest BCUT2D eigenvalue weighted by atomic mass is 9.92. The zero-order valence-electron chi connectivity index (χ0n) is 15.3. The van der Waals surface area contributed by atoms with E-state index in [4.69, 9.17) is 0 Å². The fourth-order valence-electron chi connectivity index (χ4n) is 4.09. The summed E-state index contributed by atoms with van der Waals surface area (Å²) < 4.78 is 22.6. The van der Waals surface area contributed by atoms with Crippen LogP contribution in [-0.4, -0.2) is 46.0 Å². The minimum Gasteiger partial charge on any atom is -0.356 e. The molecule has 2 aliphatic carbocycles. The van der Waals surface area contributed by atoms with Crippen LogP contribution < -0.4 is 10.6 Å². The number of rotatable bonds is 6. The molecule has 4 atom stereocenters. The van der Waals surface area contributed by atoms with Crippen LogP contribution in [0.5, 0.6) is 0 Å². The van der Waals surface area contributed by atoms with Crippen molar-refractivity contribution in [2.24, 2.45) is 16.8 Å².